The molecule has 2 nitrogen and oxygen atoms in total. The second-order valence-electron chi connectivity index (χ2n) is 5.23. The normalized spacial score (nSPS) is 30.0. The highest BCUT2D eigenvalue weighted by molar-refractivity contribution is 5.54. The van der Waals surface area contributed by atoms with E-state index in [-0.39, 0.29) is 0 Å². The number of rotatable bonds is 2. The van der Waals surface area contributed by atoms with Gasteiger partial charge in [0.1, 0.15) is 0 Å². The summed E-state index contributed by atoms with van der Waals surface area (Å²) in [6, 6.07) is 8.67. The van der Waals surface area contributed by atoms with Crippen molar-refractivity contribution in [2.45, 2.75) is 39.2 Å². The molecule has 0 amide bonds. The lowest BCUT2D eigenvalue weighted by Gasteiger charge is -2.33. The van der Waals surface area contributed by atoms with Gasteiger partial charge in [0.2, 0.25) is 0 Å². The Labute approximate surface area is 98.2 Å². The fraction of sp³-hybridized carbons (Fsp3) is 0.571. The van der Waals surface area contributed by atoms with E-state index in [1.807, 2.05) is 18.2 Å². The van der Waals surface area contributed by atoms with Crippen LogP contribution in [-0.2, 0) is 0 Å². The molecule has 3 atom stereocenters. The molecule has 0 radical (unpaired) electrons. The lowest BCUT2D eigenvalue weighted by atomic mass is 9.79. The first kappa shape index (κ1) is 11.3. The molecule has 0 aromatic heterocycles. The van der Waals surface area contributed by atoms with Crippen LogP contribution in [0.2, 0.25) is 0 Å². The molecule has 16 heavy (non-hydrogen) atoms. The minimum Gasteiger partial charge on any atom is -0.399 e. The van der Waals surface area contributed by atoms with E-state index in [0.29, 0.717) is 6.04 Å². The van der Waals surface area contributed by atoms with Gasteiger partial charge in [-0.25, -0.2) is 0 Å². The zero-order valence-electron chi connectivity index (χ0n) is 10.2. The van der Waals surface area contributed by atoms with Crippen LogP contribution in [0.5, 0.6) is 0 Å². The lowest BCUT2D eigenvalue weighted by molar-refractivity contribution is 0.261. The smallest absolute Gasteiger partial charge is 0.0362 e. The predicted molar refractivity (Wildman–Crippen MR) is 70.4 cm³/mol. The topological polar surface area (TPSA) is 38.0 Å². The SMILES string of the molecule is CC1CCC(Nc2cccc(N)c2)CC1C. The van der Waals surface area contributed by atoms with Crippen LogP contribution < -0.4 is 11.1 Å². The van der Waals surface area contributed by atoms with Gasteiger partial charge in [-0.15, -0.1) is 0 Å². The maximum Gasteiger partial charge on any atom is 0.0362 e. The molecule has 2 rings (SSSR count). The molecule has 1 fully saturated rings. The Hall–Kier alpha value is -1.18. The highest BCUT2D eigenvalue weighted by Crippen LogP contribution is 2.31. The van der Waals surface area contributed by atoms with Crippen LogP contribution in [0.25, 0.3) is 0 Å². The number of hydrogen-bond donors (Lipinski definition) is 2. The van der Waals surface area contributed by atoms with E-state index in [1.54, 1.807) is 0 Å². The van der Waals surface area contributed by atoms with Crippen molar-refractivity contribution in [3.05, 3.63) is 24.3 Å². The van der Waals surface area contributed by atoms with Crippen molar-refractivity contribution in [2.75, 3.05) is 11.1 Å². The van der Waals surface area contributed by atoms with Gasteiger partial charge >= 0.3 is 0 Å². The summed E-state index contributed by atoms with van der Waals surface area (Å²) in [5.41, 5.74) is 7.77. The quantitative estimate of drug-likeness (QED) is 0.745. The molecule has 3 N–H and O–H groups in total. The average Bonchev–Trinajstić information content (AvgIpc) is 2.24. The zero-order chi connectivity index (χ0) is 11.5. The molecule has 1 aromatic carbocycles. The Morgan fingerprint density at radius 1 is 1.19 bits per heavy atom. The van der Waals surface area contributed by atoms with Crippen LogP contribution in [-0.4, -0.2) is 6.04 Å². The highest BCUT2D eigenvalue weighted by atomic mass is 14.9. The highest BCUT2D eigenvalue weighted by Gasteiger charge is 2.24. The van der Waals surface area contributed by atoms with Gasteiger partial charge in [0.05, 0.1) is 0 Å². The van der Waals surface area contributed by atoms with Gasteiger partial charge in [0.25, 0.3) is 0 Å². The molecule has 3 unspecified atom stereocenters. The summed E-state index contributed by atoms with van der Waals surface area (Å²) in [5, 5.41) is 3.59. The third-order valence-corrected chi connectivity index (χ3v) is 3.86. The second-order valence-corrected chi connectivity index (χ2v) is 5.23. The summed E-state index contributed by atoms with van der Waals surface area (Å²) in [6.07, 6.45) is 3.89. The molecule has 2 heteroatoms. The summed E-state index contributed by atoms with van der Waals surface area (Å²) in [5.74, 6) is 1.70. The molecule has 1 aromatic rings. The van der Waals surface area contributed by atoms with Crippen molar-refractivity contribution in [3.8, 4) is 0 Å². The molecular weight excluding hydrogens is 196 g/mol. The molecule has 0 saturated heterocycles. The maximum atomic E-state index is 5.77. The van der Waals surface area contributed by atoms with Gasteiger partial charge in [-0.3, -0.25) is 0 Å². The van der Waals surface area contributed by atoms with Crippen molar-refractivity contribution in [3.63, 3.8) is 0 Å². The minimum atomic E-state index is 0.619. The summed E-state index contributed by atoms with van der Waals surface area (Å²) >= 11 is 0. The number of nitrogen functional groups attached to an aromatic ring is 1. The van der Waals surface area contributed by atoms with E-state index >= 15 is 0 Å². The van der Waals surface area contributed by atoms with Crippen molar-refractivity contribution in [1.82, 2.24) is 0 Å². The van der Waals surface area contributed by atoms with Crippen LogP contribution in [0.3, 0.4) is 0 Å². The van der Waals surface area contributed by atoms with Gasteiger partial charge in [-0.2, -0.15) is 0 Å². The number of nitrogens with two attached hydrogens (primary N) is 1. The zero-order valence-corrected chi connectivity index (χ0v) is 10.2. The Morgan fingerprint density at radius 3 is 2.69 bits per heavy atom. The molecule has 0 bridgehead atoms. The molecular formula is C14H22N2. The Bertz CT molecular complexity index is 348. The third-order valence-electron chi connectivity index (χ3n) is 3.86. The van der Waals surface area contributed by atoms with Crippen LogP contribution in [0, 0.1) is 11.8 Å². The summed E-state index contributed by atoms with van der Waals surface area (Å²) in [7, 11) is 0. The summed E-state index contributed by atoms with van der Waals surface area (Å²) in [6.45, 7) is 4.72. The van der Waals surface area contributed by atoms with Crippen molar-refractivity contribution in [2.24, 2.45) is 11.8 Å². The van der Waals surface area contributed by atoms with Crippen LogP contribution >= 0.6 is 0 Å². The Morgan fingerprint density at radius 2 is 2.00 bits per heavy atom. The van der Waals surface area contributed by atoms with E-state index in [4.69, 9.17) is 5.73 Å². The molecule has 0 heterocycles. The van der Waals surface area contributed by atoms with Gasteiger partial charge in [0, 0.05) is 17.4 Å². The van der Waals surface area contributed by atoms with Crippen LogP contribution in [0.1, 0.15) is 33.1 Å². The molecule has 0 spiro atoms. The van der Waals surface area contributed by atoms with E-state index < -0.39 is 0 Å². The summed E-state index contributed by atoms with van der Waals surface area (Å²) in [4.78, 5) is 0. The van der Waals surface area contributed by atoms with Gasteiger partial charge in [0.15, 0.2) is 0 Å². The minimum absolute atomic E-state index is 0.619. The first-order valence-corrected chi connectivity index (χ1v) is 6.27. The van der Waals surface area contributed by atoms with E-state index in [9.17, 15) is 0 Å². The predicted octanol–water partition coefficient (Wildman–Crippen LogP) is 3.51. The number of benzene rings is 1. The van der Waals surface area contributed by atoms with Crippen LogP contribution in [0.4, 0.5) is 11.4 Å². The monoisotopic (exact) mass is 218 g/mol. The second kappa shape index (κ2) is 4.77. The largest absolute Gasteiger partial charge is 0.399 e. The van der Waals surface area contributed by atoms with Gasteiger partial charge in [-0.05, 0) is 49.3 Å². The van der Waals surface area contributed by atoms with E-state index in [1.165, 1.54) is 19.3 Å². The molecule has 1 aliphatic rings. The Balaban J connectivity index is 1.95. The van der Waals surface area contributed by atoms with Crippen molar-refractivity contribution in [1.29, 1.82) is 0 Å². The molecule has 1 aliphatic carbocycles. The molecule has 1 saturated carbocycles. The lowest BCUT2D eigenvalue weighted by Crippen LogP contribution is -2.30. The third kappa shape index (κ3) is 2.69. The Kier molecular flexibility index (Phi) is 3.37. The van der Waals surface area contributed by atoms with Crippen LogP contribution in [0.15, 0.2) is 24.3 Å². The van der Waals surface area contributed by atoms with Gasteiger partial charge < -0.3 is 11.1 Å². The summed E-state index contributed by atoms with van der Waals surface area (Å²) < 4.78 is 0. The van der Waals surface area contributed by atoms with Crippen molar-refractivity contribution < 1.29 is 0 Å². The maximum absolute atomic E-state index is 5.77. The first-order valence-electron chi connectivity index (χ1n) is 6.27. The van der Waals surface area contributed by atoms with E-state index in [0.717, 1.165) is 23.2 Å². The first-order chi connectivity index (χ1) is 7.65. The fourth-order valence-electron chi connectivity index (χ4n) is 2.54. The number of anilines is 2. The number of hydrogen-bond acceptors (Lipinski definition) is 2. The fourth-order valence-corrected chi connectivity index (χ4v) is 2.54. The molecule has 88 valence electrons. The van der Waals surface area contributed by atoms with E-state index in [2.05, 4.69) is 25.2 Å². The average molecular weight is 218 g/mol. The standard InChI is InChI=1S/C14H22N2/c1-10-6-7-14(8-11(10)2)16-13-5-3-4-12(15)9-13/h3-5,9-11,14,16H,6-8,15H2,1-2H3. The number of nitrogens with one attached hydrogen (secondary N) is 1. The molecule has 0 aliphatic heterocycles. The van der Waals surface area contributed by atoms with Gasteiger partial charge in [-0.1, -0.05) is 19.9 Å². The van der Waals surface area contributed by atoms with Crippen molar-refractivity contribution >= 4 is 11.4 Å².